The molecular weight excluding hydrogens is 424 g/mol. The zero-order valence-corrected chi connectivity index (χ0v) is 19.4. The Kier molecular flexibility index (Phi) is 5.52. The number of fused-ring (bicyclic) bond motifs is 3. The minimum atomic E-state index is -2.45. The van der Waals surface area contributed by atoms with Gasteiger partial charge in [0.05, 0.1) is 5.56 Å². The van der Waals surface area contributed by atoms with E-state index in [0.717, 1.165) is 24.5 Å². The molecular formula is C26H30O7. The van der Waals surface area contributed by atoms with E-state index in [4.69, 9.17) is 0 Å². The molecule has 7 heteroatoms. The Morgan fingerprint density at radius 1 is 1.18 bits per heavy atom. The molecule has 4 rings (SSSR count). The number of benzene rings is 1. The Morgan fingerprint density at radius 2 is 1.85 bits per heavy atom. The van der Waals surface area contributed by atoms with E-state index >= 15 is 0 Å². The van der Waals surface area contributed by atoms with Gasteiger partial charge in [-0.2, -0.15) is 0 Å². The fourth-order valence-corrected chi connectivity index (χ4v) is 5.86. The number of aliphatic hydroxyl groups excluding tert-OH is 2. The van der Waals surface area contributed by atoms with Crippen LogP contribution in [0.3, 0.4) is 0 Å². The summed E-state index contributed by atoms with van der Waals surface area (Å²) in [7, 11) is 0. The summed E-state index contributed by atoms with van der Waals surface area (Å²) in [6.07, 6.45) is 1.74. The largest absolute Gasteiger partial charge is 0.511 e. The first-order valence-corrected chi connectivity index (χ1v) is 11.5. The average molecular weight is 455 g/mol. The molecule has 0 fully saturated rings. The van der Waals surface area contributed by atoms with Crippen LogP contribution in [0.1, 0.15) is 79.9 Å². The summed E-state index contributed by atoms with van der Waals surface area (Å²) in [5, 5.41) is 43.8. The Morgan fingerprint density at radius 3 is 2.42 bits per heavy atom. The van der Waals surface area contributed by atoms with Crippen LogP contribution in [0.15, 0.2) is 28.7 Å². The molecule has 3 aliphatic rings. The van der Waals surface area contributed by atoms with Crippen molar-refractivity contribution in [1.82, 2.24) is 0 Å². The SMILES string of the molecule is CCCc1cc(C(C)C)c2c(c1O)C(=O)C1=C(O)[C@]3(O)C(=O)C(C(C)=O)=C(O)C[C@@H]3C[C@@H]1C2. The summed E-state index contributed by atoms with van der Waals surface area (Å²) >= 11 is 0. The molecule has 176 valence electrons. The Labute approximate surface area is 192 Å². The van der Waals surface area contributed by atoms with E-state index in [1.54, 1.807) is 0 Å². The molecule has 4 N–H and O–H groups in total. The molecule has 0 saturated carbocycles. The monoisotopic (exact) mass is 454 g/mol. The average Bonchev–Trinajstić information content (AvgIpc) is 2.72. The molecule has 0 unspecified atom stereocenters. The highest BCUT2D eigenvalue weighted by molar-refractivity contribution is 6.25. The van der Waals surface area contributed by atoms with Crippen LogP contribution in [-0.2, 0) is 22.4 Å². The van der Waals surface area contributed by atoms with Crippen LogP contribution in [-0.4, -0.2) is 43.4 Å². The number of Topliss-reactive ketones (excluding diaryl/α,β-unsaturated/α-hetero) is 3. The van der Waals surface area contributed by atoms with Gasteiger partial charge in [-0.1, -0.05) is 33.3 Å². The van der Waals surface area contributed by atoms with Crippen LogP contribution >= 0.6 is 0 Å². The molecule has 1 aromatic rings. The molecule has 33 heavy (non-hydrogen) atoms. The van der Waals surface area contributed by atoms with Crippen molar-refractivity contribution in [3.05, 3.63) is 51.0 Å². The fraction of sp³-hybridized carbons (Fsp3) is 0.500. The van der Waals surface area contributed by atoms with Gasteiger partial charge in [-0.15, -0.1) is 0 Å². The lowest BCUT2D eigenvalue weighted by molar-refractivity contribution is -0.144. The molecule has 0 amide bonds. The van der Waals surface area contributed by atoms with Gasteiger partial charge in [0.1, 0.15) is 22.8 Å². The number of hydrogen-bond acceptors (Lipinski definition) is 7. The van der Waals surface area contributed by atoms with Gasteiger partial charge in [-0.25, -0.2) is 0 Å². The number of allylic oxidation sites excluding steroid dienone is 2. The third kappa shape index (κ3) is 3.16. The Bertz CT molecular complexity index is 1150. The second kappa shape index (κ2) is 7.83. The van der Waals surface area contributed by atoms with E-state index in [-0.39, 0.29) is 35.6 Å². The van der Waals surface area contributed by atoms with Gasteiger partial charge >= 0.3 is 0 Å². The van der Waals surface area contributed by atoms with Gasteiger partial charge in [-0.05, 0) is 54.7 Å². The van der Waals surface area contributed by atoms with E-state index in [1.807, 2.05) is 26.8 Å². The molecule has 0 spiro atoms. The first kappa shape index (κ1) is 23.2. The number of rotatable bonds is 4. The lowest BCUT2D eigenvalue weighted by Gasteiger charge is -2.46. The molecule has 0 radical (unpaired) electrons. The molecule has 0 heterocycles. The summed E-state index contributed by atoms with van der Waals surface area (Å²) in [6, 6.07) is 1.95. The van der Waals surface area contributed by atoms with Crippen LogP contribution in [0.2, 0.25) is 0 Å². The number of aryl methyl sites for hydroxylation is 1. The smallest absolute Gasteiger partial charge is 0.209 e. The van der Waals surface area contributed by atoms with Crippen LogP contribution in [0.4, 0.5) is 0 Å². The van der Waals surface area contributed by atoms with Gasteiger partial charge in [0.25, 0.3) is 0 Å². The van der Waals surface area contributed by atoms with Crippen molar-refractivity contribution in [1.29, 1.82) is 0 Å². The van der Waals surface area contributed by atoms with E-state index < -0.39 is 51.9 Å². The zero-order chi connectivity index (χ0) is 24.4. The number of aromatic hydroxyl groups is 1. The van der Waals surface area contributed by atoms with Crippen LogP contribution in [0, 0.1) is 11.8 Å². The number of hydrogen-bond donors (Lipinski definition) is 4. The number of ketones is 3. The van der Waals surface area contributed by atoms with Gasteiger partial charge in [0.15, 0.2) is 17.2 Å². The van der Waals surface area contributed by atoms with E-state index in [2.05, 4.69) is 0 Å². The maximum Gasteiger partial charge on any atom is 0.209 e. The van der Waals surface area contributed by atoms with E-state index in [9.17, 15) is 34.8 Å². The summed E-state index contributed by atoms with van der Waals surface area (Å²) in [5.41, 5.74) is -0.622. The van der Waals surface area contributed by atoms with Crippen molar-refractivity contribution in [3.8, 4) is 5.75 Å². The molecule has 3 aliphatic carbocycles. The maximum atomic E-state index is 13.7. The molecule has 0 aliphatic heterocycles. The first-order valence-electron chi connectivity index (χ1n) is 11.5. The summed E-state index contributed by atoms with van der Waals surface area (Å²) in [6.45, 7) is 7.11. The van der Waals surface area contributed by atoms with Crippen molar-refractivity contribution in [2.75, 3.05) is 0 Å². The summed E-state index contributed by atoms with van der Waals surface area (Å²) in [4.78, 5) is 38.7. The van der Waals surface area contributed by atoms with Crippen LogP contribution in [0.5, 0.6) is 5.75 Å². The molecule has 0 aromatic heterocycles. The number of carbonyl (C=O) groups excluding carboxylic acids is 3. The Hall–Kier alpha value is -2.93. The van der Waals surface area contributed by atoms with Gasteiger partial charge in [0, 0.05) is 17.9 Å². The quantitative estimate of drug-likeness (QED) is 0.509. The van der Waals surface area contributed by atoms with E-state index in [0.29, 0.717) is 18.4 Å². The fourth-order valence-electron chi connectivity index (χ4n) is 5.86. The molecule has 1 aromatic carbocycles. The number of carbonyl (C=O) groups is 3. The van der Waals surface area contributed by atoms with Crippen LogP contribution < -0.4 is 0 Å². The lowest BCUT2D eigenvalue weighted by Crippen LogP contribution is -2.56. The predicted octanol–water partition coefficient (Wildman–Crippen LogP) is 3.76. The van der Waals surface area contributed by atoms with Crippen molar-refractivity contribution in [3.63, 3.8) is 0 Å². The van der Waals surface area contributed by atoms with Gasteiger partial charge < -0.3 is 20.4 Å². The third-order valence-corrected chi connectivity index (χ3v) is 7.42. The minimum absolute atomic E-state index is 0.0856. The topological polar surface area (TPSA) is 132 Å². The predicted molar refractivity (Wildman–Crippen MR) is 120 cm³/mol. The summed E-state index contributed by atoms with van der Waals surface area (Å²) in [5.74, 6) is -4.93. The number of phenolic OH excluding ortho intramolecular Hbond substituents is 1. The number of aliphatic hydroxyl groups is 3. The first-order chi connectivity index (χ1) is 15.4. The Balaban J connectivity index is 1.93. The van der Waals surface area contributed by atoms with Crippen molar-refractivity contribution in [2.24, 2.45) is 11.8 Å². The zero-order valence-electron chi connectivity index (χ0n) is 19.4. The number of phenols is 1. The van der Waals surface area contributed by atoms with Gasteiger partial charge in [0.2, 0.25) is 5.78 Å². The van der Waals surface area contributed by atoms with Crippen molar-refractivity contribution >= 4 is 17.3 Å². The van der Waals surface area contributed by atoms with Crippen molar-refractivity contribution < 1.29 is 34.8 Å². The highest BCUT2D eigenvalue weighted by Crippen LogP contribution is 2.52. The minimum Gasteiger partial charge on any atom is -0.511 e. The molecule has 3 atom stereocenters. The molecule has 0 saturated heterocycles. The maximum absolute atomic E-state index is 13.7. The second-order valence-electron chi connectivity index (χ2n) is 9.83. The van der Waals surface area contributed by atoms with Crippen molar-refractivity contribution in [2.45, 2.75) is 71.3 Å². The summed E-state index contributed by atoms with van der Waals surface area (Å²) < 4.78 is 0. The highest BCUT2D eigenvalue weighted by Gasteiger charge is 2.59. The highest BCUT2D eigenvalue weighted by atomic mass is 16.3. The standard InChI is InChI=1S/C26H30O7/c1-5-6-13-8-16(11(2)3)17-9-14-7-15-10-18(28)19(12(4)27)24(31)26(15,33)25(32)20(14)23(30)21(17)22(13)29/h8,11,14-15,28-29,32-33H,5-7,9-10H2,1-4H3/t14-,15+,26-/m1/s1. The normalized spacial score (nSPS) is 27.0. The molecule has 7 nitrogen and oxygen atoms in total. The van der Waals surface area contributed by atoms with E-state index in [1.165, 1.54) is 0 Å². The molecule has 0 bridgehead atoms. The lowest BCUT2D eigenvalue weighted by atomic mass is 9.59. The third-order valence-electron chi connectivity index (χ3n) is 7.42. The second-order valence-corrected chi connectivity index (χ2v) is 9.83. The van der Waals surface area contributed by atoms with Gasteiger partial charge in [-0.3, -0.25) is 14.4 Å². The van der Waals surface area contributed by atoms with Crippen LogP contribution in [0.25, 0.3) is 0 Å².